The highest BCUT2D eigenvalue weighted by Gasteiger charge is 2.17. The van der Waals surface area contributed by atoms with Gasteiger partial charge in [-0.3, -0.25) is 0 Å². The lowest BCUT2D eigenvalue weighted by Crippen LogP contribution is -1.98. The minimum absolute atomic E-state index is 0.890. The van der Waals surface area contributed by atoms with E-state index in [1.54, 1.807) is 0 Å². The molecule has 5 aromatic rings. The second kappa shape index (κ2) is 7.02. The molecule has 0 aliphatic heterocycles. The summed E-state index contributed by atoms with van der Waals surface area (Å²) in [4.78, 5) is 5.00. The fourth-order valence-electron chi connectivity index (χ4n) is 3.68. The molecule has 2 aromatic heterocycles. The van der Waals surface area contributed by atoms with Crippen LogP contribution < -0.4 is 0 Å². The Kier molecular flexibility index (Phi) is 4.21. The number of hydrogen-bond acceptors (Lipinski definition) is 2. The minimum atomic E-state index is 0.890. The number of rotatable bonds is 3. The maximum atomic E-state index is 5.00. The van der Waals surface area contributed by atoms with Crippen molar-refractivity contribution in [1.29, 1.82) is 0 Å². The summed E-state index contributed by atoms with van der Waals surface area (Å²) in [5.41, 5.74) is 9.51. The smallest absolute Gasteiger partial charge is 0.159 e. The van der Waals surface area contributed by atoms with E-state index in [2.05, 4.69) is 80.6 Å². The van der Waals surface area contributed by atoms with Crippen LogP contribution in [0.5, 0.6) is 0 Å². The molecule has 0 atom stereocenters. The van der Waals surface area contributed by atoms with Crippen LogP contribution in [0, 0.1) is 13.8 Å². The summed E-state index contributed by atoms with van der Waals surface area (Å²) >= 11 is 0. The lowest BCUT2D eigenvalue weighted by Gasteiger charge is -2.09. The van der Waals surface area contributed by atoms with Crippen LogP contribution in [0.15, 0.2) is 91.0 Å². The predicted octanol–water partition coefficient (Wildman–Crippen LogP) is 6.35. The van der Waals surface area contributed by atoms with Crippen LogP contribution in [0.3, 0.4) is 0 Å². The molecular weight excluding hydrogens is 354 g/mol. The van der Waals surface area contributed by atoms with Gasteiger partial charge in [0, 0.05) is 22.3 Å². The normalized spacial score (nSPS) is 11.1. The Bertz CT molecular complexity index is 1290. The largest absolute Gasteiger partial charge is 0.228 e. The van der Waals surface area contributed by atoms with Gasteiger partial charge in [0.1, 0.15) is 0 Å². The summed E-state index contributed by atoms with van der Waals surface area (Å²) in [7, 11) is 0. The van der Waals surface area contributed by atoms with Gasteiger partial charge in [-0.15, -0.1) is 0 Å². The summed E-state index contributed by atoms with van der Waals surface area (Å²) in [6.45, 7) is 4.20. The molecule has 0 bridgehead atoms. The molecule has 3 nitrogen and oxygen atoms in total. The molecule has 0 spiro atoms. The molecule has 0 radical (unpaired) electrons. The van der Waals surface area contributed by atoms with Crippen molar-refractivity contribution < 1.29 is 0 Å². The van der Waals surface area contributed by atoms with Crippen molar-refractivity contribution in [2.24, 2.45) is 0 Å². The van der Waals surface area contributed by atoms with Crippen molar-refractivity contribution >= 4 is 5.65 Å². The highest BCUT2D eigenvalue weighted by atomic mass is 15.3. The third kappa shape index (κ3) is 3.11. The summed E-state index contributed by atoms with van der Waals surface area (Å²) in [5.74, 6) is 0. The zero-order chi connectivity index (χ0) is 19.8. The fraction of sp³-hybridized carbons (Fsp3) is 0.0769. The van der Waals surface area contributed by atoms with Crippen LogP contribution in [0.4, 0.5) is 0 Å². The van der Waals surface area contributed by atoms with Crippen LogP contribution in [0.25, 0.3) is 39.4 Å². The highest BCUT2D eigenvalue weighted by molar-refractivity contribution is 5.77. The zero-order valence-electron chi connectivity index (χ0n) is 16.5. The van der Waals surface area contributed by atoms with Crippen molar-refractivity contribution in [2.45, 2.75) is 13.8 Å². The Labute approximate surface area is 170 Å². The van der Waals surface area contributed by atoms with Gasteiger partial charge in [0.2, 0.25) is 0 Å². The van der Waals surface area contributed by atoms with E-state index in [1.165, 1.54) is 5.56 Å². The second-order valence-electron chi connectivity index (χ2n) is 7.33. The van der Waals surface area contributed by atoms with Crippen molar-refractivity contribution in [3.8, 4) is 33.8 Å². The van der Waals surface area contributed by atoms with Gasteiger partial charge in [0.15, 0.2) is 5.65 Å². The first-order valence-corrected chi connectivity index (χ1v) is 9.79. The molecule has 0 fully saturated rings. The first kappa shape index (κ1) is 17.4. The van der Waals surface area contributed by atoms with E-state index in [1.807, 2.05) is 28.8 Å². The first-order valence-electron chi connectivity index (χ1n) is 9.79. The van der Waals surface area contributed by atoms with Gasteiger partial charge in [-0.25, -0.2) is 9.50 Å². The molecule has 29 heavy (non-hydrogen) atoms. The SMILES string of the molecule is Cc1ccc(-c2nn3c(-c4ccccc4)cc(-c4ccccc4)nc3c2C)cc1. The van der Waals surface area contributed by atoms with Gasteiger partial charge in [0.25, 0.3) is 0 Å². The molecule has 2 heterocycles. The molecule has 0 amide bonds. The van der Waals surface area contributed by atoms with Crippen molar-refractivity contribution in [3.05, 3.63) is 102 Å². The topological polar surface area (TPSA) is 30.2 Å². The Morgan fingerprint density at radius 2 is 1.28 bits per heavy atom. The third-order valence-electron chi connectivity index (χ3n) is 5.28. The maximum absolute atomic E-state index is 5.00. The minimum Gasteiger partial charge on any atom is -0.228 e. The standard InChI is InChI=1S/C26H21N3/c1-18-13-15-22(16-14-18)25-19(2)26-27-23(20-9-5-3-6-10-20)17-24(29(26)28-25)21-11-7-4-8-12-21/h3-17H,1-2H3. The molecule has 140 valence electrons. The molecule has 5 rings (SSSR count). The average molecular weight is 375 g/mol. The van der Waals surface area contributed by atoms with Crippen LogP contribution in [0.1, 0.15) is 11.1 Å². The molecule has 0 saturated heterocycles. The fourth-order valence-corrected chi connectivity index (χ4v) is 3.68. The Morgan fingerprint density at radius 3 is 1.93 bits per heavy atom. The van der Waals surface area contributed by atoms with Gasteiger partial charge >= 0.3 is 0 Å². The molecule has 3 aromatic carbocycles. The lowest BCUT2D eigenvalue weighted by molar-refractivity contribution is 0.953. The van der Waals surface area contributed by atoms with E-state index >= 15 is 0 Å². The van der Waals surface area contributed by atoms with E-state index in [-0.39, 0.29) is 0 Å². The molecule has 0 unspecified atom stereocenters. The number of aromatic nitrogens is 3. The van der Waals surface area contributed by atoms with Crippen molar-refractivity contribution in [2.75, 3.05) is 0 Å². The summed E-state index contributed by atoms with van der Waals surface area (Å²) < 4.78 is 1.98. The van der Waals surface area contributed by atoms with E-state index < -0.39 is 0 Å². The van der Waals surface area contributed by atoms with E-state index in [0.29, 0.717) is 0 Å². The average Bonchev–Trinajstić information content (AvgIpc) is 3.11. The molecule has 0 N–H and O–H groups in total. The number of hydrogen-bond donors (Lipinski definition) is 0. The molecule has 0 aliphatic carbocycles. The molecule has 0 saturated carbocycles. The van der Waals surface area contributed by atoms with Gasteiger partial charge in [-0.2, -0.15) is 5.10 Å². The van der Waals surface area contributed by atoms with Crippen LogP contribution in [0.2, 0.25) is 0 Å². The van der Waals surface area contributed by atoms with Crippen molar-refractivity contribution in [3.63, 3.8) is 0 Å². The summed E-state index contributed by atoms with van der Waals surface area (Å²) in [6.07, 6.45) is 0. The third-order valence-corrected chi connectivity index (χ3v) is 5.28. The monoisotopic (exact) mass is 375 g/mol. The molecule has 0 aliphatic rings. The van der Waals surface area contributed by atoms with Crippen LogP contribution in [-0.4, -0.2) is 14.6 Å². The van der Waals surface area contributed by atoms with Gasteiger partial charge in [0.05, 0.1) is 17.1 Å². The number of nitrogens with zero attached hydrogens (tertiary/aromatic N) is 3. The Balaban J connectivity index is 1.81. The predicted molar refractivity (Wildman–Crippen MR) is 119 cm³/mol. The van der Waals surface area contributed by atoms with E-state index in [4.69, 9.17) is 10.1 Å². The van der Waals surface area contributed by atoms with E-state index in [9.17, 15) is 0 Å². The summed E-state index contributed by atoms with van der Waals surface area (Å²) in [5, 5.41) is 4.98. The number of fused-ring (bicyclic) bond motifs is 1. The van der Waals surface area contributed by atoms with Crippen molar-refractivity contribution in [1.82, 2.24) is 14.6 Å². The van der Waals surface area contributed by atoms with Gasteiger partial charge < -0.3 is 0 Å². The second-order valence-corrected chi connectivity index (χ2v) is 7.33. The highest BCUT2D eigenvalue weighted by Crippen LogP contribution is 2.31. The number of aryl methyl sites for hydroxylation is 2. The van der Waals surface area contributed by atoms with Crippen LogP contribution >= 0.6 is 0 Å². The van der Waals surface area contributed by atoms with Gasteiger partial charge in [-0.1, -0.05) is 90.5 Å². The quantitative estimate of drug-likeness (QED) is 0.368. The van der Waals surface area contributed by atoms with Gasteiger partial charge in [-0.05, 0) is 19.9 Å². The number of benzene rings is 3. The Morgan fingerprint density at radius 1 is 0.655 bits per heavy atom. The zero-order valence-corrected chi connectivity index (χ0v) is 16.5. The molecule has 3 heteroatoms. The molecular formula is C26H21N3. The van der Waals surface area contributed by atoms with Crippen LogP contribution in [-0.2, 0) is 0 Å². The van der Waals surface area contributed by atoms with E-state index in [0.717, 1.165) is 45.0 Å². The lowest BCUT2D eigenvalue weighted by atomic mass is 10.1. The maximum Gasteiger partial charge on any atom is 0.159 e. The first-order chi connectivity index (χ1) is 14.2. The summed E-state index contributed by atoms with van der Waals surface area (Å²) in [6, 6.07) is 31.3. The Hall–Kier alpha value is -3.72.